The van der Waals surface area contributed by atoms with Crippen molar-refractivity contribution in [2.24, 2.45) is 4.99 Å². The molecule has 9 nitrogen and oxygen atoms in total. The number of hydrogen-bond acceptors (Lipinski definition) is 9. The quantitative estimate of drug-likeness (QED) is 0.459. The number of para-hydroxylation sites is 1. The summed E-state index contributed by atoms with van der Waals surface area (Å²) in [7, 11) is 0. The topological polar surface area (TPSA) is 158 Å². The molecule has 6 N–H and O–H groups in total. The number of nitrogen functional groups attached to an aromatic ring is 2. The van der Waals surface area contributed by atoms with Crippen molar-refractivity contribution in [1.29, 1.82) is 10.5 Å². The number of aromatic nitrogens is 1. The van der Waals surface area contributed by atoms with Gasteiger partial charge >= 0.3 is 0 Å². The van der Waals surface area contributed by atoms with E-state index in [4.69, 9.17) is 21.5 Å². The van der Waals surface area contributed by atoms with Crippen molar-refractivity contribution < 1.29 is 4.74 Å². The van der Waals surface area contributed by atoms with Crippen molar-refractivity contribution in [2.45, 2.75) is 32.4 Å². The number of rotatable bonds is 2. The molecule has 1 atom stereocenters. The SMILES string of the molecule is CC(C)(C)Oc1ccccc1C1N=C(NC#N)Nc2nc(N)c(C#N)c(N)c21. The number of nitrogens with zero attached hydrogens (tertiary/aromatic N) is 4. The summed E-state index contributed by atoms with van der Waals surface area (Å²) < 4.78 is 6.09. The highest BCUT2D eigenvalue weighted by Gasteiger charge is 2.31. The fourth-order valence-corrected chi connectivity index (χ4v) is 2.94. The molecule has 0 radical (unpaired) electrons. The molecule has 142 valence electrons. The average Bonchev–Trinajstić information content (AvgIpc) is 2.60. The molecule has 1 aromatic carbocycles. The Balaban J connectivity index is 2.25. The van der Waals surface area contributed by atoms with Gasteiger partial charge in [-0.25, -0.2) is 9.98 Å². The average molecular weight is 376 g/mol. The van der Waals surface area contributed by atoms with Gasteiger partial charge in [0.05, 0.1) is 5.69 Å². The number of benzene rings is 1. The Morgan fingerprint density at radius 2 is 1.93 bits per heavy atom. The molecule has 3 rings (SSSR count). The lowest BCUT2D eigenvalue weighted by Gasteiger charge is -2.29. The van der Waals surface area contributed by atoms with Gasteiger partial charge in [-0.1, -0.05) is 18.2 Å². The minimum Gasteiger partial charge on any atom is -0.488 e. The van der Waals surface area contributed by atoms with Crippen LogP contribution in [0.1, 0.15) is 43.5 Å². The van der Waals surface area contributed by atoms with Crippen molar-refractivity contribution in [3.05, 3.63) is 41.0 Å². The van der Waals surface area contributed by atoms with Gasteiger partial charge < -0.3 is 21.5 Å². The lowest BCUT2D eigenvalue weighted by Crippen LogP contribution is -2.33. The van der Waals surface area contributed by atoms with Crippen LogP contribution in [-0.2, 0) is 0 Å². The highest BCUT2D eigenvalue weighted by molar-refractivity contribution is 5.98. The lowest BCUT2D eigenvalue weighted by atomic mass is 9.94. The van der Waals surface area contributed by atoms with E-state index in [2.05, 4.69) is 20.6 Å². The van der Waals surface area contributed by atoms with Crippen LogP contribution < -0.4 is 26.8 Å². The number of nitrogens with one attached hydrogen (secondary N) is 2. The normalized spacial score (nSPS) is 15.3. The van der Waals surface area contributed by atoms with Crippen LogP contribution >= 0.6 is 0 Å². The number of aliphatic imine (C=N–C) groups is 1. The zero-order chi connectivity index (χ0) is 20.5. The Morgan fingerprint density at radius 3 is 2.57 bits per heavy atom. The molecule has 1 aromatic heterocycles. The summed E-state index contributed by atoms with van der Waals surface area (Å²) in [4.78, 5) is 8.81. The lowest BCUT2D eigenvalue weighted by molar-refractivity contribution is 0.129. The molecule has 0 bridgehead atoms. The third kappa shape index (κ3) is 3.46. The van der Waals surface area contributed by atoms with E-state index in [1.54, 1.807) is 0 Å². The summed E-state index contributed by atoms with van der Waals surface area (Å²) in [6.45, 7) is 5.82. The number of hydrogen-bond donors (Lipinski definition) is 4. The van der Waals surface area contributed by atoms with Crippen LogP contribution in [0.5, 0.6) is 5.75 Å². The van der Waals surface area contributed by atoms with Gasteiger partial charge in [-0.3, -0.25) is 5.32 Å². The molecule has 0 spiro atoms. The minimum absolute atomic E-state index is 0.00225. The fraction of sp³-hybridized carbons (Fsp3) is 0.263. The summed E-state index contributed by atoms with van der Waals surface area (Å²) in [6, 6.07) is 8.74. The summed E-state index contributed by atoms with van der Waals surface area (Å²) >= 11 is 0. The van der Waals surface area contributed by atoms with E-state index in [9.17, 15) is 5.26 Å². The number of guanidine groups is 1. The first-order valence-corrected chi connectivity index (χ1v) is 8.52. The number of nitriles is 2. The maximum Gasteiger partial charge on any atom is 0.211 e. The van der Waals surface area contributed by atoms with Gasteiger partial charge in [0.25, 0.3) is 0 Å². The third-order valence-corrected chi connectivity index (χ3v) is 3.99. The van der Waals surface area contributed by atoms with Gasteiger partial charge in [-0.15, -0.1) is 0 Å². The van der Waals surface area contributed by atoms with Gasteiger partial charge in [0.2, 0.25) is 5.96 Å². The Labute approximate surface area is 162 Å². The molecule has 1 aliphatic heterocycles. The van der Waals surface area contributed by atoms with Crippen LogP contribution in [0.15, 0.2) is 29.3 Å². The second-order valence-corrected chi connectivity index (χ2v) is 7.15. The van der Waals surface area contributed by atoms with Gasteiger partial charge in [0.15, 0.2) is 6.19 Å². The Kier molecular flexibility index (Phi) is 4.68. The van der Waals surface area contributed by atoms with Crippen LogP contribution in [0.3, 0.4) is 0 Å². The summed E-state index contributed by atoms with van der Waals surface area (Å²) in [6.07, 6.45) is 1.83. The molecule has 2 aromatic rings. The second-order valence-electron chi connectivity index (χ2n) is 7.15. The molecule has 0 amide bonds. The van der Waals surface area contributed by atoms with Gasteiger partial charge in [0, 0.05) is 11.1 Å². The minimum atomic E-state index is -0.647. The molecule has 0 saturated carbocycles. The first-order valence-electron chi connectivity index (χ1n) is 8.52. The first kappa shape index (κ1) is 18.8. The molecule has 0 saturated heterocycles. The number of fused-ring (bicyclic) bond motifs is 1. The van der Waals surface area contributed by atoms with Crippen LogP contribution in [0, 0.1) is 22.8 Å². The van der Waals surface area contributed by atoms with Crippen molar-refractivity contribution >= 4 is 23.3 Å². The zero-order valence-electron chi connectivity index (χ0n) is 15.7. The van der Waals surface area contributed by atoms with Crippen LogP contribution in [-0.4, -0.2) is 16.5 Å². The van der Waals surface area contributed by atoms with E-state index in [0.29, 0.717) is 17.1 Å². The van der Waals surface area contributed by atoms with Crippen LogP contribution in [0.4, 0.5) is 17.3 Å². The highest BCUT2D eigenvalue weighted by atomic mass is 16.5. The van der Waals surface area contributed by atoms with Crippen molar-refractivity contribution in [3.8, 4) is 18.0 Å². The standard InChI is InChI=1S/C19H20N8O/c1-19(2,3)28-12-7-5-4-6-10(12)15-13-14(22)11(8-20)16(23)26-17(13)27-18(25-15)24-9-21/h4-7,15H,1-3H3,(H6,22,23,24,25,26,27). The maximum atomic E-state index is 9.41. The smallest absolute Gasteiger partial charge is 0.211 e. The summed E-state index contributed by atoms with van der Waals surface area (Å²) in [5, 5.41) is 23.8. The van der Waals surface area contributed by atoms with E-state index in [1.807, 2.05) is 57.3 Å². The Hall–Kier alpha value is -3.98. The fourth-order valence-electron chi connectivity index (χ4n) is 2.94. The number of anilines is 3. The molecule has 0 fully saturated rings. The summed E-state index contributed by atoms with van der Waals surface area (Å²) in [5.74, 6) is 1.14. The van der Waals surface area contributed by atoms with Crippen LogP contribution in [0.25, 0.3) is 0 Å². The zero-order valence-corrected chi connectivity index (χ0v) is 15.7. The predicted molar refractivity (Wildman–Crippen MR) is 106 cm³/mol. The monoisotopic (exact) mass is 376 g/mol. The third-order valence-electron chi connectivity index (χ3n) is 3.99. The first-order chi connectivity index (χ1) is 13.2. The van der Waals surface area contributed by atoms with Crippen LogP contribution in [0.2, 0.25) is 0 Å². The Morgan fingerprint density at radius 1 is 1.21 bits per heavy atom. The van der Waals surface area contributed by atoms with Gasteiger partial charge in [-0.2, -0.15) is 10.5 Å². The summed E-state index contributed by atoms with van der Waals surface area (Å²) in [5.41, 5.74) is 13.2. The highest BCUT2D eigenvalue weighted by Crippen LogP contribution is 2.43. The predicted octanol–water partition coefficient (Wildman–Crippen LogP) is 2.24. The number of nitrogens with two attached hydrogens (primary N) is 2. The maximum absolute atomic E-state index is 9.41. The molecule has 1 unspecified atom stereocenters. The van der Waals surface area contributed by atoms with E-state index in [0.717, 1.165) is 5.56 Å². The van der Waals surface area contributed by atoms with E-state index in [1.165, 1.54) is 0 Å². The van der Waals surface area contributed by atoms with Crippen molar-refractivity contribution in [3.63, 3.8) is 0 Å². The van der Waals surface area contributed by atoms with Gasteiger partial charge in [-0.05, 0) is 26.8 Å². The number of pyridine rings is 1. The van der Waals surface area contributed by atoms with E-state index >= 15 is 0 Å². The van der Waals surface area contributed by atoms with Crippen molar-refractivity contribution in [2.75, 3.05) is 16.8 Å². The van der Waals surface area contributed by atoms with E-state index < -0.39 is 11.6 Å². The molecule has 2 heterocycles. The molecular weight excluding hydrogens is 356 g/mol. The molecule has 28 heavy (non-hydrogen) atoms. The molecule has 9 heteroatoms. The molecule has 1 aliphatic rings. The largest absolute Gasteiger partial charge is 0.488 e. The van der Waals surface area contributed by atoms with Gasteiger partial charge in [0.1, 0.15) is 40.7 Å². The Bertz CT molecular complexity index is 1040. The second kappa shape index (κ2) is 6.97. The van der Waals surface area contributed by atoms with E-state index in [-0.39, 0.29) is 23.0 Å². The number of ether oxygens (including phenoxy) is 1. The molecular formula is C19H20N8O. The molecule has 0 aliphatic carbocycles. The van der Waals surface area contributed by atoms with Crippen molar-refractivity contribution in [1.82, 2.24) is 10.3 Å².